The monoisotopic (exact) mass is 256 g/mol. The zero-order valence-corrected chi connectivity index (χ0v) is 10.8. The Labute approximate surface area is 110 Å². The number of hydrogen-bond acceptors (Lipinski definition) is 2. The molecule has 1 aromatic carbocycles. The third-order valence-electron chi connectivity index (χ3n) is 3.53. The smallest absolute Gasteiger partial charge is 0.256 e. The number of amides is 1. The average Bonchev–Trinajstić information content (AvgIpc) is 3.21. The van der Waals surface area contributed by atoms with Crippen molar-refractivity contribution in [3.63, 3.8) is 0 Å². The van der Waals surface area contributed by atoms with Gasteiger partial charge in [-0.05, 0) is 37.8 Å². The third-order valence-corrected chi connectivity index (χ3v) is 3.53. The first-order valence-electron chi connectivity index (χ1n) is 6.55. The Hall–Kier alpha value is -2.10. The molecular weight excluding hydrogens is 240 g/mol. The number of pyridine rings is 1. The maximum Gasteiger partial charge on any atom is 0.256 e. The van der Waals surface area contributed by atoms with Crippen LogP contribution in [0.4, 0.5) is 0 Å². The Bertz CT molecular complexity index is 699. The summed E-state index contributed by atoms with van der Waals surface area (Å²) in [6.07, 6.45) is 3.85. The van der Waals surface area contributed by atoms with Crippen LogP contribution in [0, 0.1) is 12.8 Å². The summed E-state index contributed by atoms with van der Waals surface area (Å²) in [5.41, 5.74) is 1.76. The van der Waals surface area contributed by atoms with Crippen molar-refractivity contribution in [2.45, 2.75) is 19.8 Å². The van der Waals surface area contributed by atoms with Crippen molar-refractivity contribution < 1.29 is 4.79 Å². The van der Waals surface area contributed by atoms with Crippen molar-refractivity contribution in [1.29, 1.82) is 0 Å². The summed E-state index contributed by atoms with van der Waals surface area (Å²) in [6, 6.07) is 5.61. The summed E-state index contributed by atoms with van der Waals surface area (Å²) in [5.74, 6) is 0.322. The molecule has 1 amide bonds. The fourth-order valence-corrected chi connectivity index (χ4v) is 2.16. The number of carbonyl (C=O) groups excluding carboxylic acids is 1. The van der Waals surface area contributed by atoms with Crippen LogP contribution >= 0.6 is 0 Å². The largest absolute Gasteiger partial charge is 0.360 e. The Morgan fingerprint density at radius 1 is 1.42 bits per heavy atom. The van der Waals surface area contributed by atoms with E-state index in [0.717, 1.165) is 11.1 Å². The van der Waals surface area contributed by atoms with Gasteiger partial charge in [-0.1, -0.05) is 11.6 Å². The van der Waals surface area contributed by atoms with Crippen molar-refractivity contribution in [2.75, 3.05) is 6.54 Å². The van der Waals surface area contributed by atoms with Crippen molar-refractivity contribution in [3.8, 4) is 0 Å². The second-order valence-electron chi connectivity index (χ2n) is 5.23. The molecule has 1 aliphatic carbocycles. The van der Waals surface area contributed by atoms with Crippen LogP contribution < -0.4 is 10.7 Å². The van der Waals surface area contributed by atoms with E-state index in [9.17, 15) is 9.59 Å². The number of rotatable bonds is 3. The standard InChI is InChI=1S/C15H16N2O2/c1-9-2-5-13-11(6-9)14(18)12(8-16-13)15(19)17-7-10-3-4-10/h2,5-6,8,10H,3-4,7H2,1H3,(H,16,18)(H,17,19). The second-order valence-corrected chi connectivity index (χ2v) is 5.23. The molecule has 0 bridgehead atoms. The lowest BCUT2D eigenvalue weighted by molar-refractivity contribution is 0.0950. The fourth-order valence-electron chi connectivity index (χ4n) is 2.16. The minimum Gasteiger partial charge on any atom is -0.360 e. The highest BCUT2D eigenvalue weighted by Crippen LogP contribution is 2.27. The first-order valence-corrected chi connectivity index (χ1v) is 6.55. The van der Waals surface area contributed by atoms with Crippen LogP contribution in [0.15, 0.2) is 29.2 Å². The summed E-state index contributed by atoms with van der Waals surface area (Å²) in [7, 11) is 0. The van der Waals surface area contributed by atoms with Crippen LogP contribution in [0.25, 0.3) is 10.9 Å². The lowest BCUT2D eigenvalue weighted by atomic mass is 10.1. The first kappa shape index (κ1) is 12.0. The van der Waals surface area contributed by atoms with E-state index >= 15 is 0 Å². The Balaban J connectivity index is 1.96. The predicted octanol–water partition coefficient (Wildman–Crippen LogP) is 1.98. The molecule has 2 aromatic rings. The van der Waals surface area contributed by atoms with E-state index in [-0.39, 0.29) is 16.9 Å². The molecule has 3 rings (SSSR count). The molecule has 0 saturated heterocycles. The van der Waals surface area contributed by atoms with Crippen molar-refractivity contribution >= 4 is 16.8 Å². The average molecular weight is 256 g/mol. The summed E-state index contributed by atoms with van der Waals surface area (Å²) in [6.45, 7) is 2.60. The molecule has 2 N–H and O–H groups in total. The van der Waals surface area contributed by atoms with Gasteiger partial charge in [-0.25, -0.2) is 0 Å². The molecular formula is C15H16N2O2. The van der Waals surface area contributed by atoms with E-state index in [4.69, 9.17) is 0 Å². The van der Waals surface area contributed by atoms with Gasteiger partial charge in [-0.15, -0.1) is 0 Å². The molecule has 4 nitrogen and oxygen atoms in total. The van der Waals surface area contributed by atoms with Crippen LogP contribution in [0.3, 0.4) is 0 Å². The quantitative estimate of drug-likeness (QED) is 0.882. The molecule has 1 aromatic heterocycles. The van der Waals surface area contributed by atoms with E-state index in [1.165, 1.54) is 19.0 Å². The van der Waals surface area contributed by atoms with Crippen molar-refractivity contribution in [1.82, 2.24) is 10.3 Å². The van der Waals surface area contributed by atoms with Crippen molar-refractivity contribution in [3.05, 3.63) is 45.7 Å². The van der Waals surface area contributed by atoms with E-state index < -0.39 is 0 Å². The lowest BCUT2D eigenvalue weighted by Gasteiger charge is -2.05. The molecule has 19 heavy (non-hydrogen) atoms. The highest BCUT2D eigenvalue weighted by molar-refractivity contribution is 5.97. The minimum atomic E-state index is -0.281. The molecule has 0 unspecified atom stereocenters. The SMILES string of the molecule is Cc1ccc2[nH]cc(C(=O)NCC3CC3)c(=O)c2c1. The van der Waals surface area contributed by atoms with E-state index in [2.05, 4.69) is 10.3 Å². The van der Waals surface area contributed by atoms with Crippen molar-refractivity contribution in [2.24, 2.45) is 5.92 Å². The highest BCUT2D eigenvalue weighted by Gasteiger charge is 2.22. The van der Waals surface area contributed by atoms with Gasteiger partial charge in [0.2, 0.25) is 5.43 Å². The number of carbonyl (C=O) groups is 1. The van der Waals surface area contributed by atoms with E-state index in [0.29, 0.717) is 17.8 Å². The number of fused-ring (bicyclic) bond motifs is 1. The van der Waals surface area contributed by atoms with Gasteiger partial charge in [0.25, 0.3) is 5.91 Å². The number of aromatic nitrogens is 1. The number of benzene rings is 1. The van der Waals surface area contributed by atoms with Gasteiger partial charge in [0.1, 0.15) is 5.56 Å². The zero-order valence-electron chi connectivity index (χ0n) is 10.8. The molecule has 4 heteroatoms. The van der Waals surface area contributed by atoms with Gasteiger partial charge in [0.15, 0.2) is 0 Å². The number of H-pyrrole nitrogens is 1. The van der Waals surface area contributed by atoms with Gasteiger partial charge in [-0.3, -0.25) is 9.59 Å². The molecule has 1 aliphatic rings. The van der Waals surface area contributed by atoms with E-state index in [1.807, 2.05) is 25.1 Å². The zero-order chi connectivity index (χ0) is 13.4. The van der Waals surface area contributed by atoms with Crippen LogP contribution in [0.2, 0.25) is 0 Å². The van der Waals surface area contributed by atoms with Crippen LogP contribution in [-0.2, 0) is 0 Å². The van der Waals surface area contributed by atoms with Crippen LogP contribution in [-0.4, -0.2) is 17.4 Å². The Kier molecular flexibility index (Phi) is 2.85. The third kappa shape index (κ3) is 2.38. The van der Waals surface area contributed by atoms with Crippen LogP contribution in [0.5, 0.6) is 0 Å². The second kappa shape index (κ2) is 4.53. The molecule has 0 atom stereocenters. The number of aromatic amines is 1. The van der Waals surface area contributed by atoms with Gasteiger partial charge >= 0.3 is 0 Å². The van der Waals surface area contributed by atoms with Crippen LogP contribution in [0.1, 0.15) is 28.8 Å². The van der Waals surface area contributed by atoms with E-state index in [1.54, 1.807) is 0 Å². The summed E-state index contributed by atoms with van der Waals surface area (Å²) >= 11 is 0. The summed E-state index contributed by atoms with van der Waals surface area (Å²) in [5, 5.41) is 3.39. The molecule has 1 heterocycles. The molecule has 1 saturated carbocycles. The lowest BCUT2D eigenvalue weighted by Crippen LogP contribution is -2.30. The summed E-state index contributed by atoms with van der Waals surface area (Å²) < 4.78 is 0. The highest BCUT2D eigenvalue weighted by atomic mass is 16.2. The maximum absolute atomic E-state index is 12.3. The van der Waals surface area contributed by atoms with Gasteiger partial charge in [0, 0.05) is 23.6 Å². The molecule has 1 fully saturated rings. The minimum absolute atomic E-state index is 0.193. The van der Waals surface area contributed by atoms with Gasteiger partial charge in [0.05, 0.1) is 0 Å². The van der Waals surface area contributed by atoms with Gasteiger partial charge in [-0.2, -0.15) is 0 Å². The Morgan fingerprint density at radius 2 is 2.21 bits per heavy atom. The normalized spacial score (nSPS) is 14.6. The Morgan fingerprint density at radius 3 is 2.95 bits per heavy atom. The topological polar surface area (TPSA) is 62.0 Å². The van der Waals surface area contributed by atoms with Gasteiger partial charge < -0.3 is 10.3 Å². The fraction of sp³-hybridized carbons (Fsp3) is 0.333. The maximum atomic E-state index is 12.3. The summed E-state index contributed by atoms with van der Waals surface area (Å²) in [4.78, 5) is 27.3. The predicted molar refractivity (Wildman–Crippen MR) is 74.4 cm³/mol. The first-order chi connectivity index (χ1) is 9.15. The number of hydrogen-bond donors (Lipinski definition) is 2. The number of nitrogens with one attached hydrogen (secondary N) is 2. The molecule has 0 aliphatic heterocycles. The molecule has 0 spiro atoms. The molecule has 98 valence electrons. The molecule has 0 radical (unpaired) electrons. The number of aryl methyl sites for hydroxylation is 1.